The molecule has 2 fully saturated rings. The Morgan fingerprint density at radius 1 is 1.34 bits per heavy atom. The van der Waals surface area contributed by atoms with Gasteiger partial charge in [0.2, 0.25) is 5.91 Å². The van der Waals surface area contributed by atoms with Crippen LogP contribution in [0.25, 0.3) is 0 Å². The first-order chi connectivity index (χ1) is 18.4. The van der Waals surface area contributed by atoms with Gasteiger partial charge in [0.25, 0.3) is 0 Å². The molecule has 11 nitrogen and oxygen atoms in total. The number of methoxy groups -OCH3 is 1. The zero-order valence-electron chi connectivity index (χ0n) is 21.4. The summed E-state index contributed by atoms with van der Waals surface area (Å²) in [5, 5.41) is 12.2. The van der Waals surface area contributed by atoms with Gasteiger partial charge in [-0.25, -0.2) is 14.8 Å². The van der Waals surface area contributed by atoms with Crippen molar-refractivity contribution < 1.29 is 23.9 Å². The van der Waals surface area contributed by atoms with Crippen LogP contribution >= 0.6 is 0 Å². The number of carbonyl (C=O) groups is 3. The molecule has 198 valence electrons. The van der Waals surface area contributed by atoms with E-state index in [-0.39, 0.29) is 30.4 Å². The molecule has 38 heavy (non-hydrogen) atoms. The Kier molecular flexibility index (Phi) is 7.35. The van der Waals surface area contributed by atoms with Crippen LogP contribution in [0, 0.1) is 11.3 Å². The van der Waals surface area contributed by atoms with Gasteiger partial charge in [0.15, 0.2) is 6.29 Å². The third kappa shape index (κ3) is 5.37. The largest absolute Gasteiger partial charge is 0.385 e. The number of pyridine rings is 2. The number of fused-ring (bicyclic) bond motifs is 1. The minimum atomic E-state index is -0.415. The second-order valence-corrected chi connectivity index (χ2v) is 9.97. The predicted octanol–water partition coefficient (Wildman–Crippen LogP) is 2.62. The van der Waals surface area contributed by atoms with Gasteiger partial charge in [-0.3, -0.25) is 19.8 Å². The van der Waals surface area contributed by atoms with Gasteiger partial charge < -0.3 is 14.4 Å². The Bertz CT molecular complexity index is 1300. The van der Waals surface area contributed by atoms with Crippen molar-refractivity contribution in [3.8, 4) is 6.07 Å². The lowest BCUT2D eigenvalue weighted by atomic mass is 10.0. The van der Waals surface area contributed by atoms with Crippen LogP contribution in [-0.2, 0) is 33.7 Å². The maximum Gasteiger partial charge on any atom is 0.328 e. The second kappa shape index (κ2) is 10.8. The van der Waals surface area contributed by atoms with E-state index < -0.39 is 6.03 Å². The number of anilines is 2. The number of hydrogen-bond acceptors (Lipinski definition) is 8. The summed E-state index contributed by atoms with van der Waals surface area (Å²) in [6, 6.07) is 5.32. The molecule has 3 aliphatic rings. The van der Waals surface area contributed by atoms with Crippen molar-refractivity contribution >= 4 is 29.9 Å². The third-order valence-electron chi connectivity index (χ3n) is 7.27. The first-order valence-electron chi connectivity index (χ1n) is 12.8. The Labute approximate surface area is 220 Å². The quantitative estimate of drug-likeness (QED) is 0.416. The molecule has 0 aromatic carbocycles. The average molecular weight is 519 g/mol. The normalized spacial score (nSPS) is 17.6. The van der Waals surface area contributed by atoms with Gasteiger partial charge in [0.1, 0.15) is 30.0 Å². The molecule has 3 amide bonds. The Morgan fingerprint density at radius 2 is 2.18 bits per heavy atom. The number of hydrogen-bond donors (Lipinski definition) is 1. The van der Waals surface area contributed by atoms with Crippen molar-refractivity contribution in [3.05, 3.63) is 46.3 Å². The number of amides is 3. The molecule has 2 aromatic heterocycles. The summed E-state index contributed by atoms with van der Waals surface area (Å²) in [6.45, 7) is 1.85. The maximum absolute atomic E-state index is 13.3. The molecule has 1 aliphatic carbocycles. The topological polar surface area (TPSA) is 138 Å². The molecule has 2 aliphatic heterocycles. The van der Waals surface area contributed by atoms with E-state index in [0.29, 0.717) is 61.6 Å². The SMILES string of the molecule is COCCCc1cc(NC(=O)N2CCCc3cc(CN4CC5(CC5)OCC4=O)c(C=O)nc32)ncc1C#N. The number of urea groups is 1. The van der Waals surface area contributed by atoms with Gasteiger partial charge in [-0.2, -0.15) is 5.26 Å². The highest BCUT2D eigenvalue weighted by atomic mass is 16.5. The van der Waals surface area contributed by atoms with Crippen molar-refractivity contribution in [1.29, 1.82) is 5.26 Å². The number of aldehydes is 1. The van der Waals surface area contributed by atoms with E-state index in [0.717, 1.165) is 36.8 Å². The molecule has 11 heteroatoms. The highest BCUT2D eigenvalue weighted by molar-refractivity contribution is 6.01. The highest BCUT2D eigenvalue weighted by Gasteiger charge is 2.49. The fourth-order valence-corrected chi connectivity index (χ4v) is 5.02. The molecule has 1 saturated carbocycles. The van der Waals surface area contributed by atoms with E-state index >= 15 is 0 Å². The molecule has 0 radical (unpaired) electrons. The zero-order valence-corrected chi connectivity index (χ0v) is 21.4. The first-order valence-corrected chi connectivity index (χ1v) is 12.8. The number of carbonyl (C=O) groups excluding carboxylic acids is 3. The van der Waals surface area contributed by atoms with Gasteiger partial charge in [-0.05, 0) is 61.8 Å². The van der Waals surface area contributed by atoms with E-state index in [4.69, 9.17) is 9.47 Å². The lowest BCUT2D eigenvalue weighted by molar-refractivity contribution is -0.152. The smallest absolute Gasteiger partial charge is 0.328 e. The van der Waals surface area contributed by atoms with Gasteiger partial charge in [0, 0.05) is 38.6 Å². The zero-order chi connectivity index (χ0) is 26.7. The molecule has 1 spiro atoms. The average Bonchev–Trinajstić information content (AvgIpc) is 3.69. The summed E-state index contributed by atoms with van der Waals surface area (Å²) in [5.74, 6) is 0.663. The minimum absolute atomic E-state index is 0.0558. The summed E-state index contributed by atoms with van der Waals surface area (Å²) in [6.07, 6.45) is 6.79. The Balaban J connectivity index is 1.34. The lowest BCUT2D eigenvalue weighted by Crippen LogP contribution is -2.47. The van der Waals surface area contributed by atoms with Crippen molar-refractivity contribution in [2.24, 2.45) is 0 Å². The first kappa shape index (κ1) is 25.8. The molecule has 2 aromatic rings. The van der Waals surface area contributed by atoms with E-state index in [1.807, 2.05) is 6.07 Å². The number of nitriles is 1. The molecule has 1 saturated heterocycles. The van der Waals surface area contributed by atoms with E-state index in [2.05, 4.69) is 21.4 Å². The van der Waals surface area contributed by atoms with Crippen molar-refractivity contribution in [2.75, 3.05) is 43.6 Å². The molecule has 1 N–H and O–H groups in total. The number of nitrogens with one attached hydrogen (secondary N) is 1. The molecule has 0 unspecified atom stereocenters. The fraction of sp³-hybridized carbons (Fsp3) is 0.481. The Morgan fingerprint density at radius 3 is 2.92 bits per heavy atom. The van der Waals surface area contributed by atoms with Crippen LogP contribution in [0.1, 0.15) is 58.4 Å². The monoisotopic (exact) mass is 518 g/mol. The van der Waals surface area contributed by atoms with Crippen LogP contribution in [0.4, 0.5) is 16.4 Å². The van der Waals surface area contributed by atoms with Crippen molar-refractivity contribution in [3.63, 3.8) is 0 Å². The lowest BCUT2D eigenvalue weighted by Gasteiger charge is -2.34. The van der Waals surface area contributed by atoms with Crippen LogP contribution in [-0.4, -0.2) is 72.1 Å². The van der Waals surface area contributed by atoms with E-state index in [1.165, 1.54) is 11.1 Å². The fourth-order valence-electron chi connectivity index (χ4n) is 5.02. The third-order valence-corrected chi connectivity index (χ3v) is 7.27. The standard InChI is InChI=1S/C27H30N6O5/c1-37-9-3-5-18-11-23(29-13-21(18)12-28)31-26(36)33-8-2-4-19-10-20(22(15-34)30-25(19)33)14-32-17-27(6-7-27)38-16-24(32)35/h10-11,13,15H,2-9,14,16-17H2,1H3,(H,29,31,36). The van der Waals surface area contributed by atoms with Crippen molar-refractivity contribution in [1.82, 2.24) is 14.9 Å². The van der Waals surface area contributed by atoms with Gasteiger partial charge in [0.05, 0.1) is 17.7 Å². The summed E-state index contributed by atoms with van der Waals surface area (Å²) in [7, 11) is 1.62. The summed E-state index contributed by atoms with van der Waals surface area (Å²) in [4.78, 5) is 49.8. The number of ether oxygens (including phenoxy) is 2. The Hall–Kier alpha value is -3.88. The number of aromatic nitrogens is 2. The molecular formula is C27H30N6O5. The summed E-state index contributed by atoms with van der Waals surface area (Å²) < 4.78 is 10.8. The van der Waals surface area contributed by atoms with Crippen molar-refractivity contribution in [2.45, 2.75) is 50.7 Å². The number of nitrogens with zero attached hydrogens (tertiary/aromatic N) is 5. The summed E-state index contributed by atoms with van der Waals surface area (Å²) in [5.41, 5.74) is 2.74. The second-order valence-electron chi connectivity index (χ2n) is 9.97. The van der Waals surface area contributed by atoms with Crippen LogP contribution in [0.5, 0.6) is 0 Å². The maximum atomic E-state index is 13.3. The van der Waals surface area contributed by atoms with Crippen LogP contribution in [0.2, 0.25) is 0 Å². The van der Waals surface area contributed by atoms with Crippen LogP contribution in [0.3, 0.4) is 0 Å². The number of aryl methyl sites for hydroxylation is 2. The molecule has 0 bridgehead atoms. The number of morpholine rings is 1. The molecule has 5 rings (SSSR count). The van der Waals surface area contributed by atoms with Gasteiger partial charge >= 0.3 is 6.03 Å². The predicted molar refractivity (Wildman–Crippen MR) is 137 cm³/mol. The molecular weight excluding hydrogens is 488 g/mol. The van der Waals surface area contributed by atoms with Crippen LogP contribution < -0.4 is 10.2 Å². The number of rotatable bonds is 8. The van der Waals surface area contributed by atoms with Gasteiger partial charge in [-0.1, -0.05) is 0 Å². The van der Waals surface area contributed by atoms with E-state index in [1.54, 1.807) is 18.1 Å². The van der Waals surface area contributed by atoms with Crippen LogP contribution in [0.15, 0.2) is 18.3 Å². The van der Waals surface area contributed by atoms with Gasteiger partial charge in [-0.15, -0.1) is 0 Å². The minimum Gasteiger partial charge on any atom is -0.385 e. The van der Waals surface area contributed by atoms with E-state index in [9.17, 15) is 19.6 Å². The molecule has 4 heterocycles. The highest BCUT2D eigenvalue weighted by Crippen LogP contribution is 2.42. The summed E-state index contributed by atoms with van der Waals surface area (Å²) >= 11 is 0. The molecule has 0 atom stereocenters.